The second-order valence-corrected chi connectivity index (χ2v) is 4.63. The maximum Gasteiger partial charge on any atom is 1.00 e. The third kappa shape index (κ3) is 4.59. The minimum Gasteiger partial charge on any atom is -0.448 e. The number of halogens is 3. The van der Waals surface area contributed by atoms with Crippen LogP contribution in [0.15, 0.2) is 0 Å². The Morgan fingerprint density at radius 1 is 1.00 bits per heavy atom. The Morgan fingerprint density at radius 2 is 1.56 bits per heavy atom. The van der Waals surface area contributed by atoms with Gasteiger partial charge in [-0.25, -0.2) is 0 Å². The molecule has 0 amide bonds. The van der Waals surface area contributed by atoms with Crippen molar-refractivity contribution in [2.75, 3.05) is 32.6 Å². The summed E-state index contributed by atoms with van der Waals surface area (Å²) in [7, 11) is 0. The minimum absolute atomic E-state index is 0. The zero-order chi connectivity index (χ0) is 10.9. The van der Waals surface area contributed by atoms with Gasteiger partial charge < -0.3 is 17.8 Å². The van der Waals surface area contributed by atoms with Crippen LogP contribution < -0.4 is 51.4 Å². The summed E-state index contributed by atoms with van der Waals surface area (Å²) in [4.78, 5) is 3.89. The van der Waals surface area contributed by atoms with Gasteiger partial charge in [0.25, 0.3) is 0 Å². The monoisotopic (exact) mass is 260 g/mol. The minimum atomic E-state index is -4.64. The molecule has 1 aliphatic heterocycles. The van der Waals surface area contributed by atoms with Crippen molar-refractivity contribution >= 4 is 6.98 Å². The number of rotatable bonds is 3. The smallest absolute Gasteiger partial charge is 0.448 e. The Balaban J connectivity index is 0.00000128. The van der Waals surface area contributed by atoms with Crippen molar-refractivity contribution < 1.29 is 64.3 Å². The molecule has 7 heteroatoms. The van der Waals surface area contributed by atoms with Crippen LogP contribution in [0.5, 0.6) is 0 Å². The molecule has 2 nitrogen and oxygen atoms in total. The predicted octanol–water partition coefficient (Wildman–Crippen LogP) is -1.45. The van der Waals surface area contributed by atoms with E-state index in [1.54, 1.807) is 0 Å². The Bertz CT molecular complexity index is 215. The van der Waals surface area contributed by atoms with Gasteiger partial charge in [-0.05, 0) is 19.3 Å². The molecule has 0 spiro atoms. The van der Waals surface area contributed by atoms with Gasteiger partial charge in [-0.3, -0.25) is 4.90 Å². The normalized spacial score (nSPS) is 24.9. The van der Waals surface area contributed by atoms with E-state index in [9.17, 15) is 12.9 Å². The molecule has 2 aliphatic rings. The van der Waals surface area contributed by atoms with Crippen LogP contribution in [0.25, 0.3) is 0 Å². The van der Waals surface area contributed by atoms with Crippen LogP contribution in [0.2, 0.25) is 0 Å². The molecule has 0 aromatic heterocycles. The van der Waals surface area contributed by atoms with Crippen LogP contribution in [0.1, 0.15) is 19.3 Å². The third-order valence-corrected chi connectivity index (χ3v) is 3.46. The summed E-state index contributed by atoms with van der Waals surface area (Å²) >= 11 is 0. The van der Waals surface area contributed by atoms with E-state index >= 15 is 0 Å². The first-order chi connectivity index (χ1) is 7.04. The van der Waals surface area contributed by atoms with Crippen molar-refractivity contribution in [3.05, 3.63) is 0 Å². The van der Waals surface area contributed by atoms with Gasteiger partial charge in [0.15, 0.2) is 0 Å². The summed E-state index contributed by atoms with van der Waals surface area (Å²) in [6.07, 6.45) is 3.08. The molecular weight excluding hydrogens is 243 g/mol. The molecule has 0 aromatic rings. The average Bonchev–Trinajstić information content (AvgIpc) is 2.02. The van der Waals surface area contributed by atoms with Crippen LogP contribution in [-0.4, -0.2) is 55.4 Å². The summed E-state index contributed by atoms with van der Waals surface area (Å²) in [6, 6.07) is 0.670. The maximum atomic E-state index is 12.2. The molecule has 1 heterocycles. The number of nitrogens with zero attached hydrogens (tertiary/aromatic N) is 2. The fraction of sp³-hybridized carbons (Fsp3) is 1.00. The van der Waals surface area contributed by atoms with E-state index in [4.69, 9.17) is 0 Å². The first-order valence-corrected chi connectivity index (χ1v) is 5.72. The predicted molar refractivity (Wildman–Crippen MR) is 54.7 cm³/mol. The average molecular weight is 260 g/mol. The van der Waals surface area contributed by atoms with E-state index in [2.05, 4.69) is 4.90 Å². The fourth-order valence-electron chi connectivity index (χ4n) is 2.36. The van der Waals surface area contributed by atoms with Gasteiger partial charge in [0.2, 0.25) is 0 Å². The van der Waals surface area contributed by atoms with Gasteiger partial charge in [-0.1, -0.05) is 6.42 Å². The van der Waals surface area contributed by atoms with Crippen LogP contribution in [0, 0.1) is 0 Å². The summed E-state index contributed by atoms with van der Waals surface area (Å²) in [5.74, 6) is 0. The standard InChI is InChI=1S/C9H17BF3N2.K/c11-10(12,13)8-14-4-6-15(7-5-14)9-2-1-3-9;/h9H,1-8H2;/q-1;+1. The van der Waals surface area contributed by atoms with Gasteiger partial charge in [0.05, 0.1) is 0 Å². The molecule has 0 radical (unpaired) electrons. The van der Waals surface area contributed by atoms with Gasteiger partial charge >= 0.3 is 58.4 Å². The molecule has 0 N–H and O–H groups in total. The second kappa shape index (κ2) is 6.54. The van der Waals surface area contributed by atoms with E-state index in [1.165, 1.54) is 24.2 Å². The topological polar surface area (TPSA) is 6.48 Å². The fourth-order valence-corrected chi connectivity index (χ4v) is 2.36. The first-order valence-electron chi connectivity index (χ1n) is 5.72. The van der Waals surface area contributed by atoms with E-state index in [0.29, 0.717) is 19.1 Å². The number of hydrogen-bond acceptors (Lipinski definition) is 2. The summed E-state index contributed by atoms with van der Waals surface area (Å²) in [5.41, 5.74) is 0. The summed E-state index contributed by atoms with van der Waals surface area (Å²) in [6.45, 7) is -1.85. The molecule has 0 aromatic carbocycles. The third-order valence-electron chi connectivity index (χ3n) is 3.46. The van der Waals surface area contributed by atoms with Crippen molar-refractivity contribution in [1.29, 1.82) is 0 Å². The van der Waals surface area contributed by atoms with Crippen molar-refractivity contribution in [3.63, 3.8) is 0 Å². The maximum absolute atomic E-state index is 12.2. The molecule has 1 saturated carbocycles. The van der Waals surface area contributed by atoms with Crippen molar-refractivity contribution in [1.82, 2.24) is 9.80 Å². The quantitative estimate of drug-likeness (QED) is 0.573. The van der Waals surface area contributed by atoms with Gasteiger partial charge in [-0.15, -0.1) is 0 Å². The summed E-state index contributed by atoms with van der Waals surface area (Å²) < 4.78 is 36.5. The van der Waals surface area contributed by atoms with Gasteiger partial charge in [-0.2, -0.15) is 0 Å². The second-order valence-electron chi connectivity index (χ2n) is 4.63. The molecule has 0 bridgehead atoms. The van der Waals surface area contributed by atoms with Crippen LogP contribution in [0.3, 0.4) is 0 Å². The largest absolute Gasteiger partial charge is 1.00 e. The van der Waals surface area contributed by atoms with E-state index < -0.39 is 13.4 Å². The molecule has 0 atom stereocenters. The molecule has 2 fully saturated rings. The summed E-state index contributed by atoms with van der Waals surface area (Å²) in [5, 5.41) is 0. The van der Waals surface area contributed by atoms with Crippen LogP contribution in [-0.2, 0) is 0 Å². The van der Waals surface area contributed by atoms with Gasteiger partial charge in [0, 0.05) is 32.2 Å². The SMILES string of the molecule is F[B-](F)(F)CN1CCN(C2CCC2)CC1.[K+]. The van der Waals surface area contributed by atoms with Crippen molar-refractivity contribution in [2.24, 2.45) is 0 Å². The zero-order valence-electron chi connectivity index (χ0n) is 9.84. The Hall–Kier alpha value is 1.41. The molecule has 88 valence electrons. The molecule has 2 rings (SSSR count). The van der Waals surface area contributed by atoms with Crippen molar-refractivity contribution in [3.8, 4) is 0 Å². The van der Waals surface area contributed by atoms with Crippen LogP contribution in [0.4, 0.5) is 12.9 Å². The van der Waals surface area contributed by atoms with Crippen molar-refractivity contribution in [2.45, 2.75) is 25.3 Å². The van der Waals surface area contributed by atoms with Crippen LogP contribution >= 0.6 is 0 Å². The van der Waals surface area contributed by atoms with Gasteiger partial charge in [0.1, 0.15) is 0 Å². The number of hydrogen-bond donors (Lipinski definition) is 0. The molecule has 1 saturated heterocycles. The van der Waals surface area contributed by atoms with E-state index in [-0.39, 0.29) is 51.4 Å². The van der Waals surface area contributed by atoms with E-state index in [1.807, 2.05) is 0 Å². The molecule has 0 unspecified atom stereocenters. The molecule has 16 heavy (non-hydrogen) atoms. The molecular formula is C9H17BF3KN2. The first kappa shape index (κ1) is 15.5. The Morgan fingerprint density at radius 3 is 1.94 bits per heavy atom. The Labute approximate surface area is 137 Å². The number of piperazine rings is 1. The Kier molecular flexibility index (Phi) is 6.32. The molecule has 1 aliphatic carbocycles. The zero-order valence-corrected chi connectivity index (χ0v) is 13.0. The van der Waals surface area contributed by atoms with E-state index in [0.717, 1.165) is 13.1 Å².